The molecule has 0 N–H and O–H groups in total. The molecule has 0 aliphatic carbocycles. The van der Waals surface area contributed by atoms with Crippen LogP contribution in [0.2, 0.25) is 0 Å². The summed E-state index contributed by atoms with van der Waals surface area (Å²) in [6, 6.07) is 0. The van der Waals surface area contributed by atoms with Gasteiger partial charge in [0.05, 0.1) is 0 Å². The highest BCUT2D eigenvalue weighted by atomic mass is 79.9. The van der Waals surface area contributed by atoms with Crippen molar-refractivity contribution in [3.05, 3.63) is 0 Å². The molecule has 0 radical (unpaired) electrons. The van der Waals surface area contributed by atoms with Gasteiger partial charge in [0.15, 0.2) is 0 Å². The first-order chi connectivity index (χ1) is 7.77. The Morgan fingerprint density at radius 3 is 3.06 bits per heavy atom. The van der Waals surface area contributed by atoms with Crippen LogP contribution in [0.15, 0.2) is 0 Å². The lowest BCUT2D eigenvalue weighted by molar-refractivity contribution is -0.138. The lowest BCUT2D eigenvalue weighted by Gasteiger charge is -2.32. The van der Waals surface area contributed by atoms with Crippen molar-refractivity contribution in [1.82, 2.24) is 4.90 Å². The number of alkyl halides is 1. The maximum Gasteiger partial charge on any atom is 0.248 e. The van der Waals surface area contributed by atoms with Crippen LogP contribution in [-0.4, -0.2) is 42.4 Å². The molecular weight excluding hydrogens is 270 g/mol. The summed E-state index contributed by atoms with van der Waals surface area (Å²) in [5, 5.41) is 1.03. The van der Waals surface area contributed by atoms with E-state index in [0.29, 0.717) is 12.5 Å². The molecule has 3 nitrogen and oxygen atoms in total. The summed E-state index contributed by atoms with van der Waals surface area (Å²) in [5.74, 6) is 0.830. The standard InChI is InChI=1S/C12H22BrNO2/c1-2-8-16-10-12(15)14-7-3-4-11(9-14)5-6-13/h11H,2-10H2,1H3. The first-order valence-electron chi connectivity index (χ1n) is 6.19. The molecule has 1 amide bonds. The van der Waals surface area contributed by atoms with Gasteiger partial charge in [0, 0.05) is 25.0 Å². The van der Waals surface area contributed by atoms with Gasteiger partial charge in [-0.05, 0) is 31.6 Å². The second-order valence-electron chi connectivity index (χ2n) is 4.38. The molecule has 0 spiro atoms. The second-order valence-corrected chi connectivity index (χ2v) is 5.17. The largest absolute Gasteiger partial charge is 0.372 e. The Bertz CT molecular complexity index is 209. The molecule has 0 aromatic heterocycles. The molecule has 0 aromatic carbocycles. The van der Waals surface area contributed by atoms with E-state index in [4.69, 9.17) is 4.74 Å². The van der Waals surface area contributed by atoms with Gasteiger partial charge in [0.25, 0.3) is 0 Å². The monoisotopic (exact) mass is 291 g/mol. The number of nitrogens with zero attached hydrogens (tertiary/aromatic N) is 1. The van der Waals surface area contributed by atoms with Crippen molar-refractivity contribution in [2.24, 2.45) is 5.92 Å². The van der Waals surface area contributed by atoms with Gasteiger partial charge in [-0.1, -0.05) is 22.9 Å². The summed E-state index contributed by atoms with van der Waals surface area (Å²) in [6.07, 6.45) is 4.53. The van der Waals surface area contributed by atoms with Crippen LogP contribution in [0.1, 0.15) is 32.6 Å². The van der Waals surface area contributed by atoms with E-state index in [1.807, 2.05) is 4.90 Å². The lowest BCUT2D eigenvalue weighted by Crippen LogP contribution is -2.41. The fraction of sp³-hybridized carbons (Fsp3) is 0.917. The van der Waals surface area contributed by atoms with Crippen LogP contribution in [-0.2, 0) is 9.53 Å². The minimum Gasteiger partial charge on any atom is -0.372 e. The van der Waals surface area contributed by atoms with E-state index in [1.165, 1.54) is 12.8 Å². The minimum absolute atomic E-state index is 0.160. The second kappa shape index (κ2) is 8.07. The summed E-state index contributed by atoms with van der Waals surface area (Å²) >= 11 is 3.47. The van der Waals surface area contributed by atoms with Gasteiger partial charge in [-0.2, -0.15) is 0 Å². The molecule has 1 aliphatic heterocycles. The van der Waals surface area contributed by atoms with Gasteiger partial charge in [-0.3, -0.25) is 4.79 Å². The van der Waals surface area contributed by atoms with Crippen molar-refractivity contribution in [2.45, 2.75) is 32.6 Å². The predicted molar refractivity (Wildman–Crippen MR) is 68.8 cm³/mol. The Morgan fingerprint density at radius 2 is 2.38 bits per heavy atom. The molecule has 0 aromatic rings. The Kier molecular flexibility index (Phi) is 7.05. The smallest absolute Gasteiger partial charge is 0.248 e. The highest BCUT2D eigenvalue weighted by molar-refractivity contribution is 9.09. The Labute approximate surface area is 107 Å². The van der Waals surface area contributed by atoms with Crippen molar-refractivity contribution in [1.29, 1.82) is 0 Å². The zero-order valence-electron chi connectivity index (χ0n) is 10.1. The molecule has 94 valence electrons. The Balaban J connectivity index is 2.26. The molecule has 16 heavy (non-hydrogen) atoms. The summed E-state index contributed by atoms with van der Waals surface area (Å²) in [5.41, 5.74) is 0. The maximum absolute atomic E-state index is 11.8. The van der Waals surface area contributed by atoms with Gasteiger partial charge in [-0.15, -0.1) is 0 Å². The average Bonchev–Trinajstić information content (AvgIpc) is 2.30. The zero-order valence-corrected chi connectivity index (χ0v) is 11.7. The maximum atomic E-state index is 11.8. The predicted octanol–water partition coefficient (Wildman–Crippen LogP) is 2.44. The van der Waals surface area contributed by atoms with Gasteiger partial charge in [0.1, 0.15) is 6.61 Å². The highest BCUT2D eigenvalue weighted by Crippen LogP contribution is 2.20. The van der Waals surface area contributed by atoms with E-state index >= 15 is 0 Å². The van der Waals surface area contributed by atoms with Crippen LogP contribution in [0.25, 0.3) is 0 Å². The summed E-state index contributed by atoms with van der Waals surface area (Å²) in [7, 11) is 0. The number of carbonyl (C=O) groups excluding carboxylic acids is 1. The number of hydrogen-bond acceptors (Lipinski definition) is 2. The minimum atomic E-state index is 0.160. The lowest BCUT2D eigenvalue weighted by atomic mass is 9.96. The molecule has 1 saturated heterocycles. The number of hydrogen-bond donors (Lipinski definition) is 0. The quantitative estimate of drug-likeness (QED) is 0.556. The molecule has 1 heterocycles. The normalized spacial score (nSPS) is 21.1. The third-order valence-corrected chi connectivity index (χ3v) is 3.42. The summed E-state index contributed by atoms with van der Waals surface area (Å²) < 4.78 is 5.29. The first-order valence-corrected chi connectivity index (χ1v) is 7.31. The van der Waals surface area contributed by atoms with E-state index in [9.17, 15) is 4.79 Å². The van der Waals surface area contributed by atoms with Crippen LogP contribution in [0.4, 0.5) is 0 Å². The number of piperidine rings is 1. The number of carbonyl (C=O) groups is 1. The van der Waals surface area contributed by atoms with E-state index < -0.39 is 0 Å². The molecule has 4 heteroatoms. The molecule has 1 fully saturated rings. The third kappa shape index (κ3) is 4.83. The molecule has 1 rings (SSSR count). The zero-order chi connectivity index (χ0) is 11.8. The number of amides is 1. The van der Waals surface area contributed by atoms with Gasteiger partial charge >= 0.3 is 0 Å². The van der Waals surface area contributed by atoms with E-state index in [2.05, 4.69) is 22.9 Å². The Hall–Kier alpha value is -0.0900. The van der Waals surface area contributed by atoms with Crippen molar-refractivity contribution in [3.63, 3.8) is 0 Å². The molecule has 0 bridgehead atoms. The van der Waals surface area contributed by atoms with Crippen molar-refractivity contribution < 1.29 is 9.53 Å². The van der Waals surface area contributed by atoms with Crippen LogP contribution in [0.5, 0.6) is 0 Å². The first kappa shape index (κ1) is 14.0. The summed E-state index contributed by atoms with van der Waals surface area (Å²) in [4.78, 5) is 13.8. The number of likely N-dealkylation sites (tertiary alicyclic amines) is 1. The van der Waals surface area contributed by atoms with Gasteiger partial charge < -0.3 is 9.64 Å². The number of ether oxygens (including phenoxy) is 1. The molecule has 1 atom stereocenters. The fourth-order valence-electron chi connectivity index (χ4n) is 2.08. The molecule has 1 aliphatic rings. The summed E-state index contributed by atoms with van der Waals surface area (Å²) in [6.45, 7) is 4.82. The van der Waals surface area contributed by atoms with Gasteiger partial charge in [-0.25, -0.2) is 0 Å². The van der Waals surface area contributed by atoms with Crippen LogP contribution in [0.3, 0.4) is 0 Å². The van der Waals surface area contributed by atoms with E-state index in [1.54, 1.807) is 0 Å². The van der Waals surface area contributed by atoms with Crippen LogP contribution >= 0.6 is 15.9 Å². The SMILES string of the molecule is CCCOCC(=O)N1CCCC(CCBr)C1. The Morgan fingerprint density at radius 1 is 1.56 bits per heavy atom. The average molecular weight is 292 g/mol. The van der Waals surface area contributed by atoms with Crippen molar-refractivity contribution in [2.75, 3.05) is 31.6 Å². The van der Waals surface area contributed by atoms with Gasteiger partial charge in [0.2, 0.25) is 5.91 Å². The molecular formula is C12H22BrNO2. The van der Waals surface area contributed by atoms with Crippen molar-refractivity contribution in [3.8, 4) is 0 Å². The van der Waals surface area contributed by atoms with E-state index in [0.717, 1.165) is 31.3 Å². The topological polar surface area (TPSA) is 29.5 Å². The third-order valence-electron chi connectivity index (χ3n) is 2.96. The number of rotatable bonds is 6. The van der Waals surface area contributed by atoms with Crippen LogP contribution in [0, 0.1) is 5.92 Å². The molecule has 0 saturated carbocycles. The van der Waals surface area contributed by atoms with Crippen molar-refractivity contribution >= 4 is 21.8 Å². The van der Waals surface area contributed by atoms with E-state index in [-0.39, 0.29) is 12.5 Å². The fourth-order valence-corrected chi connectivity index (χ4v) is 2.72. The number of halogens is 1. The van der Waals surface area contributed by atoms with Crippen LogP contribution < -0.4 is 0 Å². The highest BCUT2D eigenvalue weighted by Gasteiger charge is 2.22. The molecule has 1 unspecified atom stereocenters.